The molecule has 0 unspecified atom stereocenters. The normalized spacial score (nSPS) is 10.8. The molecule has 0 amide bonds. The molecule has 2 aromatic carbocycles. The van der Waals surface area contributed by atoms with Crippen molar-refractivity contribution in [3.63, 3.8) is 0 Å². The fourth-order valence-corrected chi connectivity index (χ4v) is 5.13. The minimum absolute atomic E-state index is 0.291. The first kappa shape index (κ1) is 13.5. The summed E-state index contributed by atoms with van der Waals surface area (Å²) in [5.41, 5.74) is 3.14. The molecule has 3 heteroatoms. The maximum atomic E-state index is 4.40. The lowest BCUT2D eigenvalue weighted by Gasteiger charge is -2.18. The molecule has 0 N–H and O–H groups in total. The predicted octanol–water partition coefficient (Wildman–Crippen LogP) is 3.82. The Labute approximate surface area is 125 Å². The zero-order valence-electron chi connectivity index (χ0n) is 11.1. The van der Waals surface area contributed by atoms with E-state index in [0.29, 0.717) is 0 Å². The molecule has 0 spiro atoms. The predicted molar refractivity (Wildman–Crippen MR) is 89.8 cm³/mol. The van der Waals surface area contributed by atoms with Gasteiger partial charge in [-0.1, -0.05) is 60.7 Å². The highest BCUT2D eigenvalue weighted by Gasteiger charge is 2.13. The highest BCUT2D eigenvalue weighted by Crippen LogP contribution is 2.34. The topological polar surface area (TPSA) is 12.9 Å². The Kier molecular flexibility index (Phi) is 4.57. The molecule has 20 heavy (non-hydrogen) atoms. The van der Waals surface area contributed by atoms with Crippen molar-refractivity contribution >= 4 is 29.9 Å². The number of nitrogens with zero attached hydrogens (tertiary/aromatic N) is 1. The Morgan fingerprint density at radius 2 is 1.45 bits per heavy atom. The molecule has 0 aliphatic rings. The zero-order chi connectivity index (χ0) is 13.6. The fraction of sp³-hybridized carbons (Fsp3) is 0.118. The highest BCUT2D eigenvalue weighted by molar-refractivity contribution is 7.73. The summed E-state index contributed by atoms with van der Waals surface area (Å²) in [5, 5.41) is 5.05. The summed E-state index contributed by atoms with van der Waals surface area (Å²) >= 11 is 1.68. The molecule has 0 saturated heterocycles. The van der Waals surface area contributed by atoms with Crippen molar-refractivity contribution in [2.45, 2.75) is 6.42 Å². The number of aromatic nitrogens is 1. The van der Waals surface area contributed by atoms with Crippen LogP contribution in [0.25, 0.3) is 0 Å². The van der Waals surface area contributed by atoms with Crippen LogP contribution in [0.15, 0.2) is 71.6 Å². The number of benzene rings is 2. The van der Waals surface area contributed by atoms with Gasteiger partial charge in [0, 0.05) is 5.38 Å². The maximum absolute atomic E-state index is 4.40. The number of hydrogen-bond donors (Lipinski definition) is 0. The van der Waals surface area contributed by atoms with Crippen LogP contribution in [-0.4, -0.2) is 11.1 Å². The van der Waals surface area contributed by atoms with E-state index in [9.17, 15) is 0 Å². The SMILES string of the molecule is c1ccc(P(CCc2cscn2)c2ccccc2)cc1. The summed E-state index contributed by atoms with van der Waals surface area (Å²) in [5.74, 6) is 0. The van der Waals surface area contributed by atoms with E-state index in [2.05, 4.69) is 71.0 Å². The monoisotopic (exact) mass is 297 g/mol. The number of hydrogen-bond acceptors (Lipinski definition) is 2. The van der Waals surface area contributed by atoms with Crippen molar-refractivity contribution < 1.29 is 0 Å². The third kappa shape index (κ3) is 3.33. The van der Waals surface area contributed by atoms with E-state index in [-0.39, 0.29) is 7.92 Å². The van der Waals surface area contributed by atoms with Crippen LogP contribution in [0.4, 0.5) is 0 Å². The van der Waals surface area contributed by atoms with Gasteiger partial charge in [0.15, 0.2) is 0 Å². The van der Waals surface area contributed by atoms with Gasteiger partial charge in [0.2, 0.25) is 0 Å². The first-order valence-corrected chi connectivity index (χ1v) is 9.15. The lowest BCUT2D eigenvalue weighted by atomic mass is 10.4. The zero-order valence-corrected chi connectivity index (χ0v) is 12.9. The van der Waals surface area contributed by atoms with Gasteiger partial charge in [0.1, 0.15) is 0 Å². The van der Waals surface area contributed by atoms with Gasteiger partial charge in [-0.3, -0.25) is 0 Å². The molecular formula is C17H16NPS. The van der Waals surface area contributed by atoms with E-state index in [1.54, 1.807) is 11.3 Å². The molecule has 0 radical (unpaired) electrons. The van der Waals surface area contributed by atoms with Crippen LogP contribution in [-0.2, 0) is 6.42 Å². The molecular weight excluding hydrogens is 281 g/mol. The smallest absolute Gasteiger partial charge is 0.0794 e. The van der Waals surface area contributed by atoms with Gasteiger partial charge in [-0.2, -0.15) is 0 Å². The van der Waals surface area contributed by atoms with E-state index >= 15 is 0 Å². The quantitative estimate of drug-likeness (QED) is 0.652. The first-order chi connectivity index (χ1) is 9.93. The van der Waals surface area contributed by atoms with Gasteiger partial charge in [-0.15, -0.1) is 11.3 Å². The Morgan fingerprint density at radius 1 is 0.850 bits per heavy atom. The van der Waals surface area contributed by atoms with Crippen molar-refractivity contribution in [2.75, 3.05) is 6.16 Å². The van der Waals surface area contributed by atoms with Gasteiger partial charge in [0.25, 0.3) is 0 Å². The second kappa shape index (κ2) is 6.78. The van der Waals surface area contributed by atoms with Gasteiger partial charge in [0.05, 0.1) is 11.2 Å². The van der Waals surface area contributed by atoms with Crippen molar-refractivity contribution in [1.29, 1.82) is 0 Å². The standard InChI is InChI=1S/C17H16NPS/c1-3-7-16(8-4-1)19(17-9-5-2-6-10-17)12-11-15-13-20-14-18-15/h1-10,13-14H,11-12H2. The van der Waals surface area contributed by atoms with Gasteiger partial charge in [-0.25, -0.2) is 4.98 Å². The molecule has 100 valence electrons. The average molecular weight is 297 g/mol. The lowest BCUT2D eigenvalue weighted by molar-refractivity contribution is 1.07. The van der Waals surface area contributed by atoms with Crippen LogP contribution < -0.4 is 10.6 Å². The minimum atomic E-state index is -0.291. The second-order valence-corrected chi connectivity index (χ2v) is 7.61. The van der Waals surface area contributed by atoms with Crippen LogP contribution in [0.2, 0.25) is 0 Å². The van der Waals surface area contributed by atoms with Crippen LogP contribution in [0.5, 0.6) is 0 Å². The van der Waals surface area contributed by atoms with Crippen LogP contribution in [0, 0.1) is 0 Å². The number of thiazole rings is 1. The molecule has 1 heterocycles. The van der Waals surface area contributed by atoms with Gasteiger partial charge >= 0.3 is 0 Å². The Bertz CT molecular complexity index is 583. The van der Waals surface area contributed by atoms with Gasteiger partial charge < -0.3 is 0 Å². The summed E-state index contributed by atoms with van der Waals surface area (Å²) in [6.07, 6.45) is 2.21. The van der Waals surface area contributed by atoms with E-state index < -0.39 is 0 Å². The summed E-state index contributed by atoms with van der Waals surface area (Å²) in [7, 11) is -0.291. The Hall–Kier alpha value is -1.50. The fourth-order valence-electron chi connectivity index (χ4n) is 2.21. The molecule has 0 aliphatic carbocycles. The van der Waals surface area contributed by atoms with E-state index in [0.717, 1.165) is 12.6 Å². The van der Waals surface area contributed by atoms with Crippen molar-refractivity contribution in [3.8, 4) is 0 Å². The summed E-state index contributed by atoms with van der Waals surface area (Å²) < 4.78 is 0. The highest BCUT2D eigenvalue weighted by atomic mass is 32.1. The van der Waals surface area contributed by atoms with E-state index in [4.69, 9.17) is 0 Å². The molecule has 1 aromatic heterocycles. The first-order valence-electron chi connectivity index (χ1n) is 6.68. The molecule has 0 bridgehead atoms. The third-order valence-electron chi connectivity index (χ3n) is 3.21. The Morgan fingerprint density at radius 3 is 1.95 bits per heavy atom. The van der Waals surface area contributed by atoms with E-state index in [1.807, 2.05) is 5.51 Å². The maximum Gasteiger partial charge on any atom is 0.0794 e. The minimum Gasteiger partial charge on any atom is -0.250 e. The van der Waals surface area contributed by atoms with Crippen LogP contribution in [0.3, 0.4) is 0 Å². The van der Waals surface area contributed by atoms with E-state index in [1.165, 1.54) is 16.3 Å². The second-order valence-electron chi connectivity index (χ2n) is 4.55. The molecule has 1 nitrogen and oxygen atoms in total. The van der Waals surface area contributed by atoms with Crippen LogP contribution in [0.1, 0.15) is 5.69 Å². The summed E-state index contributed by atoms with van der Waals surface area (Å²) in [6, 6.07) is 21.7. The number of rotatable bonds is 5. The lowest BCUT2D eigenvalue weighted by Crippen LogP contribution is -2.14. The number of aryl methyl sites for hydroxylation is 1. The van der Waals surface area contributed by atoms with Gasteiger partial charge in [-0.05, 0) is 31.1 Å². The summed E-state index contributed by atoms with van der Waals surface area (Å²) in [4.78, 5) is 4.40. The molecule has 3 aromatic rings. The van der Waals surface area contributed by atoms with Crippen molar-refractivity contribution in [3.05, 3.63) is 77.2 Å². The molecule has 0 saturated carbocycles. The average Bonchev–Trinajstić information content (AvgIpc) is 3.03. The molecule has 3 rings (SSSR count). The van der Waals surface area contributed by atoms with Crippen molar-refractivity contribution in [1.82, 2.24) is 4.98 Å². The molecule has 0 atom stereocenters. The third-order valence-corrected chi connectivity index (χ3v) is 6.36. The largest absolute Gasteiger partial charge is 0.250 e. The Balaban J connectivity index is 1.84. The van der Waals surface area contributed by atoms with Crippen LogP contribution >= 0.6 is 19.3 Å². The van der Waals surface area contributed by atoms with Crippen molar-refractivity contribution in [2.24, 2.45) is 0 Å². The summed E-state index contributed by atoms with van der Waals surface area (Å²) in [6.45, 7) is 0. The molecule has 0 fully saturated rings. The molecule has 0 aliphatic heterocycles.